The lowest BCUT2D eigenvalue weighted by atomic mass is 10.1. The summed E-state index contributed by atoms with van der Waals surface area (Å²) in [6, 6.07) is 8.85. The summed E-state index contributed by atoms with van der Waals surface area (Å²) in [6.45, 7) is 0. The molecule has 1 amide bonds. The van der Waals surface area contributed by atoms with Crippen molar-refractivity contribution in [3.63, 3.8) is 0 Å². The maximum atomic E-state index is 12.1. The normalized spacial score (nSPS) is 10.8. The molecule has 5 nitrogen and oxygen atoms in total. The summed E-state index contributed by atoms with van der Waals surface area (Å²) in [5.41, 5.74) is 4.02. The highest BCUT2D eigenvalue weighted by molar-refractivity contribution is 7.98. The number of hydrazone groups is 1. The molecule has 0 aliphatic carbocycles. The van der Waals surface area contributed by atoms with E-state index in [0.29, 0.717) is 27.1 Å². The summed E-state index contributed by atoms with van der Waals surface area (Å²) in [7, 11) is 3.03. The van der Waals surface area contributed by atoms with Crippen LogP contribution in [0.2, 0.25) is 10.0 Å². The number of carbonyl (C=O) groups is 1. The average Bonchev–Trinajstić information content (AvgIpc) is 2.61. The zero-order valence-electron chi connectivity index (χ0n) is 14.5. The number of nitrogens with zero attached hydrogens (tertiary/aromatic N) is 1. The van der Waals surface area contributed by atoms with Gasteiger partial charge in [-0.15, -0.1) is 11.8 Å². The standard InChI is InChI=1S/C18H18Cl2N2O3S/c1-24-15-7-11(6-14(20)18(15)25-2)10-21-22-17(23)9-12-8-13(19)4-5-16(12)26-3/h4-8,10H,9H2,1-3H3,(H,22,23)/b21-10-. The third-order valence-electron chi connectivity index (χ3n) is 3.45. The number of methoxy groups -OCH3 is 2. The fourth-order valence-electron chi connectivity index (χ4n) is 2.29. The molecule has 0 spiro atoms. The molecule has 2 rings (SSSR count). The molecule has 1 N–H and O–H groups in total. The first kappa shape index (κ1) is 20.4. The molecular formula is C18H18Cl2N2O3S. The highest BCUT2D eigenvalue weighted by Crippen LogP contribution is 2.35. The second-order valence-corrected chi connectivity index (χ2v) is 6.86. The molecular weight excluding hydrogens is 395 g/mol. The number of benzene rings is 2. The molecule has 0 fully saturated rings. The Bertz CT molecular complexity index is 828. The molecule has 0 aliphatic heterocycles. The van der Waals surface area contributed by atoms with Crippen LogP contribution in [0.5, 0.6) is 11.5 Å². The fraction of sp³-hybridized carbons (Fsp3) is 0.222. The topological polar surface area (TPSA) is 59.9 Å². The summed E-state index contributed by atoms with van der Waals surface area (Å²) in [5, 5.41) is 4.95. The maximum Gasteiger partial charge on any atom is 0.244 e. The average molecular weight is 413 g/mol. The van der Waals surface area contributed by atoms with E-state index in [0.717, 1.165) is 10.5 Å². The van der Waals surface area contributed by atoms with Crippen molar-refractivity contribution in [2.75, 3.05) is 20.5 Å². The Balaban J connectivity index is 2.06. The van der Waals surface area contributed by atoms with Crippen molar-refractivity contribution < 1.29 is 14.3 Å². The SMILES string of the molecule is COc1cc(/C=N\NC(=O)Cc2cc(Cl)ccc2SC)cc(Cl)c1OC. The van der Waals surface area contributed by atoms with Crippen LogP contribution in [0.3, 0.4) is 0 Å². The molecule has 0 atom stereocenters. The van der Waals surface area contributed by atoms with Crippen LogP contribution >= 0.6 is 35.0 Å². The summed E-state index contributed by atoms with van der Waals surface area (Å²) in [4.78, 5) is 13.1. The smallest absolute Gasteiger partial charge is 0.244 e. The van der Waals surface area contributed by atoms with Gasteiger partial charge in [0.2, 0.25) is 5.91 Å². The number of thioether (sulfide) groups is 1. The van der Waals surface area contributed by atoms with Crippen LogP contribution in [-0.4, -0.2) is 32.6 Å². The molecule has 0 aromatic heterocycles. The van der Waals surface area contributed by atoms with Crippen LogP contribution in [0.25, 0.3) is 0 Å². The molecule has 138 valence electrons. The lowest BCUT2D eigenvalue weighted by molar-refractivity contribution is -0.120. The van der Waals surface area contributed by atoms with E-state index in [1.807, 2.05) is 12.3 Å². The third kappa shape index (κ3) is 5.30. The van der Waals surface area contributed by atoms with Gasteiger partial charge >= 0.3 is 0 Å². The molecule has 0 aliphatic rings. The molecule has 0 unspecified atom stereocenters. The van der Waals surface area contributed by atoms with Crippen LogP contribution in [0.15, 0.2) is 40.3 Å². The number of hydrogen-bond acceptors (Lipinski definition) is 5. The van der Waals surface area contributed by atoms with Gasteiger partial charge in [0, 0.05) is 9.92 Å². The van der Waals surface area contributed by atoms with Gasteiger partial charge in [-0.1, -0.05) is 23.2 Å². The fourth-order valence-corrected chi connectivity index (χ4v) is 3.38. The number of carbonyl (C=O) groups excluding carboxylic acids is 1. The Morgan fingerprint density at radius 3 is 2.65 bits per heavy atom. The Hall–Kier alpha value is -1.89. The number of hydrogen-bond donors (Lipinski definition) is 1. The minimum absolute atomic E-state index is 0.181. The van der Waals surface area contributed by atoms with Gasteiger partial charge < -0.3 is 9.47 Å². The predicted molar refractivity (Wildman–Crippen MR) is 107 cm³/mol. The Morgan fingerprint density at radius 1 is 1.23 bits per heavy atom. The van der Waals surface area contributed by atoms with Gasteiger partial charge in [0.25, 0.3) is 0 Å². The maximum absolute atomic E-state index is 12.1. The molecule has 0 saturated carbocycles. The van der Waals surface area contributed by atoms with Crippen molar-refractivity contribution in [3.8, 4) is 11.5 Å². The van der Waals surface area contributed by atoms with Gasteiger partial charge in [-0.3, -0.25) is 4.79 Å². The van der Waals surface area contributed by atoms with Gasteiger partial charge in [-0.25, -0.2) is 5.43 Å². The van der Waals surface area contributed by atoms with Crippen molar-refractivity contribution >= 4 is 47.1 Å². The zero-order valence-corrected chi connectivity index (χ0v) is 16.8. The van der Waals surface area contributed by atoms with Crippen molar-refractivity contribution in [1.82, 2.24) is 5.43 Å². The molecule has 8 heteroatoms. The minimum atomic E-state index is -0.245. The Morgan fingerprint density at radius 2 is 2.00 bits per heavy atom. The largest absolute Gasteiger partial charge is 0.493 e. The first-order chi connectivity index (χ1) is 12.5. The number of halogens is 2. The van der Waals surface area contributed by atoms with E-state index < -0.39 is 0 Å². The molecule has 0 bridgehead atoms. The lowest BCUT2D eigenvalue weighted by Crippen LogP contribution is -2.20. The first-order valence-electron chi connectivity index (χ1n) is 7.54. The highest BCUT2D eigenvalue weighted by Gasteiger charge is 2.11. The second kappa shape index (κ2) is 9.71. The van der Waals surface area contributed by atoms with Gasteiger partial charge in [0.05, 0.1) is 31.9 Å². The third-order valence-corrected chi connectivity index (χ3v) is 4.81. The summed E-state index contributed by atoms with van der Waals surface area (Å²) in [6.07, 6.45) is 3.61. The van der Waals surface area contributed by atoms with Gasteiger partial charge in [0.15, 0.2) is 11.5 Å². The van der Waals surface area contributed by atoms with Gasteiger partial charge in [0.1, 0.15) is 0 Å². The zero-order chi connectivity index (χ0) is 19.1. The van der Waals surface area contributed by atoms with E-state index in [4.69, 9.17) is 32.7 Å². The second-order valence-electron chi connectivity index (χ2n) is 5.16. The van der Waals surface area contributed by atoms with Crippen LogP contribution in [-0.2, 0) is 11.2 Å². The molecule has 0 heterocycles. The summed E-state index contributed by atoms with van der Waals surface area (Å²) < 4.78 is 10.4. The van der Waals surface area contributed by atoms with Crippen molar-refractivity contribution in [2.45, 2.75) is 11.3 Å². The molecule has 0 saturated heterocycles. The van der Waals surface area contributed by atoms with Crippen molar-refractivity contribution in [1.29, 1.82) is 0 Å². The van der Waals surface area contributed by atoms with Gasteiger partial charge in [-0.05, 0) is 47.7 Å². The number of rotatable bonds is 7. The first-order valence-corrected chi connectivity index (χ1v) is 9.52. The minimum Gasteiger partial charge on any atom is -0.493 e. The molecule has 0 radical (unpaired) electrons. The quantitative estimate of drug-likeness (QED) is 0.415. The van der Waals surface area contributed by atoms with Crippen molar-refractivity contribution in [2.24, 2.45) is 5.10 Å². The Labute approximate surface area is 166 Å². The van der Waals surface area contributed by atoms with Crippen LogP contribution in [0, 0.1) is 0 Å². The Kier molecular flexibility index (Phi) is 7.63. The van der Waals surface area contributed by atoms with E-state index in [1.165, 1.54) is 20.4 Å². The van der Waals surface area contributed by atoms with Crippen LogP contribution in [0.4, 0.5) is 0 Å². The van der Waals surface area contributed by atoms with Crippen molar-refractivity contribution in [3.05, 3.63) is 51.5 Å². The van der Waals surface area contributed by atoms with E-state index in [2.05, 4.69) is 10.5 Å². The van der Waals surface area contributed by atoms with Crippen LogP contribution in [0.1, 0.15) is 11.1 Å². The predicted octanol–water partition coefficient (Wildman–Crippen LogP) is 4.43. The number of nitrogens with one attached hydrogen (secondary N) is 1. The highest BCUT2D eigenvalue weighted by atomic mass is 35.5. The number of ether oxygens (including phenoxy) is 2. The lowest BCUT2D eigenvalue weighted by Gasteiger charge is -2.10. The van der Waals surface area contributed by atoms with E-state index in [-0.39, 0.29) is 12.3 Å². The summed E-state index contributed by atoms with van der Waals surface area (Å²) in [5.74, 6) is 0.683. The molecule has 2 aromatic rings. The van der Waals surface area contributed by atoms with E-state index in [9.17, 15) is 4.79 Å². The molecule has 2 aromatic carbocycles. The van der Waals surface area contributed by atoms with Gasteiger partial charge in [-0.2, -0.15) is 5.10 Å². The monoisotopic (exact) mass is 412 g/mol. The number of amides is 1. The van der Waals surface area contributed by atoms with Crippen LogP contribution < -0.4 is 14.9 Å². The molecule has 26 heavy (non-hydrogen) atoms. The van der Waals surface area contributed by atoms with E-state index in [1.54, 1.807) is 36.0 Å². The van der Waals surface area contributed by atoms with E-state index >= 15 is 0 Å². The summed E-state index contributed by atoms with van der Waals surface area (Å²) >= 11 is 13.7.